The summed E-state index contributed by atoms with van der Waals surface area (Å²) in [6.07, 6.45) is 7.02. The monoisotopic (exact) mass is 291 g/mol. The smallest absolute Gasteiger partial charge is 0.253 e. The van der Waals surface area contributed by atoms with Crippen molar-refractivity contribution in [3.63, 3.8) is 0 Å². The van der Waals surface area contributed by atoms with Gasteiger partial charge in [0.15, 0.2) is 0 Å². The lowest BCUT2D eigenvalue weighted by molar-refractivity contribution is -0.0917. The minimum atomic E-state index is -0.0831. The van der Waals surface area contributed by atoms with Gasteiger partial charge in [0.2, 0.25) is 0 Å². The molecule has 0 radical (unpaired) electrons. The summed E-state index contributed by atoms with van der Waals surface area (Å²) in [5.41, 5.74) is 1.30. The molecular weight excluding hydrogens is 266 g/mol. The van der Waals surface area contributed by atoms with E-state index in [0.717, 1.165) is 31.4 Å². The quantitative estimate of drug-likeness (QED) is 0.875. The molecule has 1 fully saturated rings. The molecule has 116 valence electrons. The van der Waals surface area contributed by atoms with Crippen molar-refractivity contribution in [1.82, 2.24) is 10.3 Å². The molecule has 0 saturated carbocycles. The Morgan fingerprint density at radius 2 is 2.24 bits per heavy atom. The van der Waals surface area contributed by atoms with Gasteiger partial charge >= 0.3 is 0 Å². The molecule has 0 aromatic carbocycles. The van der Waals surface area contributed by atoms with E-state index in [0.29, 0.717) is 12.2 Å². The zero-order chi connectivity index (χ0) is 15.3. The zero-order valence-electron chi connectivity index (χ0n) is 13.1. The van der Waals surface area contributed by atoms with Crippen LogP contribution < -0.4 is 10.6 Å². The van der Waals surface area contributed by atoms with Gasteiger partial charge in [0.25, 0.3) is 5.91 Å². The number of ether oxygens (including phenoxy) is 1. The maximum Gasteiger partial charge on any atom is 0.253 e. The molecule has 1 unspecified atom stereocenters. The molecule has 0 spiro atoms. The van der Waals surface area contributed by atoms with Crippen molar-refractivity contribution in [2.24, 2.45) is 0 Å². The first kappa shape index (κ1) is 15.8. The highest BCUT2D eigenvalue weighted by Crippen LogP contribution is 2.31. The molecule has 5 nitrogen and oxygen atoms in total. The lowest BCUT2D eigenvalue weighted by Crippen LogP contribution is -2.48. The number of carbonyl (C=O) groups is 1. The summed E-state index contributed by atoms with van der Waals surface area (Å²) in [6, 6.07) is 1.91. The van der Waals surface area contributed by atoms with E-state index in [1.165, 1.54) is 0 Å². The SMILES string of the molecule is CCC1(CC)CC(NC(=O)c2ccncc2NC)CCO1. The van der Waals surface area contributed by atoms with Gasteiger partial charge in [-0.3, -0.25) is 9.78 Å². The number of nitrogens with zero attached hydrogens (tertiary/aromatic N) is 1. The van der Waals surface area contributed by atoms with Gasteiger partial charge in [-0.05, 0) is 31.7 Å². The first-order chi connectivity index (χ1) is 10.1. The van der Waals surface area contributed by atoms with Crippen molar-refractivity contribution >= 4 is 11.6 Å². The number of hydrogen-bond acceptors (Lipinski definition) is 4. The van der Waals surface area contributed by atoms with Crippen LogP contribution in [0.2, 0.25) is 0 Å². The molecule has 0 aliphatic carbocycles. The molecule has 1 atom stereocenters. The van der Waals surface area contributed by atoms with E-state index in [9.17, 15) is 4.79 Å². The number of rotatable bonds is 5. The number of anilines is 1. The Bertz CT molecular complexity index is 486. The normalized spacial score (nSPS) is 20.8. The van der Waals surface area contributed by atoms with Crippen molar-refractivity contribution in [2.75, 3.05) is 19.0 Å². The summed E-state index contributed by atoms with van der Waals surface area (Å²) < 4.78 is 5.95. The van der Waals surface area contributed by atoms with Crippen LogP contribution in [0.15, 0.2) is 18.5 Å². The fourth-order valence-electron chi connectivity index (χ4n) is 2.95. The molecule has 2 rings (SSSR count). The molecule has 1 aliphatic rings. The van der Waals surface area contributed by atoms with Crippen LogP contribution in [0, 0.1) is 0 Å². The highest BCUT2D eigenvalue weighted by molar-refractivity contribution is 5.99. The average Bonchev–Trinajstić information content (AvgIpc) is 2.54. The van der Waals surface area contributed by atoms with E-state index in [2.05, 4.69) is 29.5 Å². The number of aromatic nitrogens is 1. The van der Waals surface area contributed by atoms with Gasteiger partial charge in [0.1, 0.15) is 0 Å². The Labute approximate surface area is 126 Å². The Hall–Kier alpha value is -1.62. The third-order valence-corrected chi connectivity index (χ3v) is 4.45. The number of pyridine rings is 1. The van der Waals surface area contributed by atoms with Gasteiger partial charge in [0.05, 0.1) is 23.0 Å². The van der Waals surface area contributed by atoms with Gasteiger partial charge in [-0.1, -0.05) is 13.8 Å². The van der Waals surface area contributed by atoms with Crippen molar-refractivity contribution in [2.45, 2.75) is 51.2 Å². The van der Waals surface area contributed by atoms with Gasteiger partial charge in [-0.15, -0.1) is 0 Å². The molecule has 1 aromatic rings. The number of amides is 1. The van der Waals surface area contributed by atoms with Crippen molar-refractivity contribution in [1.29, 1.82) is 0 Å². The second-order valence-electron chi connectivity index (χ2n) is 5.57. The van der Waals surface area contributed by atoms with E-state index in [1.54, 1.807) is 25.5 Å². The summed E-state index contributed by atoms with van der Waals surface area (Å²) in [4.78, 5) is 16.5. The minimum Gasteiger partial charge on any atom is -0.386 e. The number of hydrogen-bond donors (Lipinski definition) is 2. The second kappa shape index (κ2) is 6.89. The van der Waals surface area contributed by atoms with E-state index >= 15 is 0 Å². The molecule has 0 bridgehead atoms. The predicted molar refractivity (Wildman–Crippen MR) is 83.5 cm³/mol. The highest BCUT2D eigenvalue weighted by Gasteiger charge is 2.35. The van der Waals surface area contributed by atoms with Crippen LogP contribution in [-0.4, -0.2) is 36.2 Å². The fourth-order valence-corrected chi connectivity index (χ4v) is 2.95. The first-order valence-electron chi connectivity index (χ1n) is 7.70. The van der Waals surface area contributed by atoms with E-state index in [-0.39, 0.29) is 17.6 Å². The van der Waals surface area contributed by atoms with Gasteiger partial charge in [0, 0.05) is 25.9 Å². The third kappa shape index (κ3) is 3.53. The number of carbonyl (C=O) groups excluding carboxylic acids is 1. The highest BCUT2D eigenvalue weighted by atomic mass is 16.5. The van der Waals surface area contributed by atoms with Crippen LogP contribution in [0.3, 0.4) is 0 Å². The average molecular weight is 291 g/mol. The molecule has 1 saturated heterocycles. The zero-order valence-corrected chi connectivity index (χ0v) is 13.1. The third-order valence-electron chi connectivity index (χ3n) is 4.45. The van der Waals surface area contributed by atoms with Gasteiger partial charge in [-0.2, -0.15) is 0 Å². The summed E-state index contributed by atoms with van der Waals surface area (Å²) in [5, 5.41) is 6.15. The molecule has 21 heavy (non-hydrogen) atoms. The summed E-state index contributed by atoms with van der Waals surface area (Å²) in [5.74, 6) is -0.0465. The summed E-state index contributed by atoms with van der Waals surface area (Å²) in [6.45, 7) is 5.01. The molecule has 2 N–H and O–H groups in total. The molecule has 1 amide bonds. The summed E-state index contributed by atoms with van der Waals surface area (Å²) >= 11 is 0. The summed E-state index contributed by atoms with van der Waals surface area (Å²) in [7, 11) is 1.79. The van der Waals surface area contributed by atoms with Crippen LogP contribution in [0.4, 0.5) is 5.69 Å². The van der Waals surface area contributed by atoms with Crippen molar-refractivity contribution in [3.05, 3.63) is 24.0 Å². The van der Waals surface area contributed by atoms with Crippen LogP contribution in [0.25, 0.3) is 0 Å². The Morgan fingerprint density at radius 3 is 2.90 bits per heavy atom. The molecule has 5 heteroatoms. The van der Waals surface area contributed by atoms with Gasteiger partial charge < -0.3 is 15.4 Å². The molecule has 2 heterocycles. The van der Waals surface area contributed by atoms with E-state index in [4.69, 9.17) is 4.74 Å². The van der Waals surface area contributed by atoms with Crippen LogP contribution in [-0.2, 0) is 4.74 Å². The van der Waals surface area contributed by atoms with E-state index < -0.39 is 0 Å². The van der Waals surface area contributed by atoms with Crippen molar-refractivity contribution < 1.29 is 9.53 Å². The lowest BCUT2D eigenvalue weighted by atomic mass is 9.86. The largest absolute Gasteiger partial charge is 0.386 e. The maximum absolute atomic E-state index is 12.5. The fraction of sp³-hybridized carbons (Fsp3) is 0.625. The topological polar surface area (TPSA) is 63.2 Å². The molecular formula is C16H25N3O2. The lowest BCUT2D eigenvalue weighted by Gasteiger charge is -2.40. The maximum atomic E-state index is 12.5. The van der Waals surface area contributed by atoms with E-state index in [1.807, 2.05) is 0 Å². The van der Waals surface area contributed by atoms with Gasteiger partial charge in [-0.25, -0.2) is 0 Å². The standard InChI is InChI=1S/C16H25N3O2/c1-4-16(5-2)10-12(7-9-21-16)19-15(20)13-6-8-18-11-14(13)17-3/h6,8,11-12,17H,4-5,7,9-10H2,1-3H3,(H,19,20). The van der Waals surface area contributed by atoms with Crippen molar-refractivity contribution in [3.8, 4) is 0 Å². The second-order valence-corrected chi connectivity index (χ2v) is 5.57. The Balaban J connectivity index is 2.05. The number of nitrogens with one attached hydrogen (secondary N) is 2. The predicted octanol–water partition coefficient (Wildman–Crippen LogP) is 2.59. The Kier molecular flexibility index (Phi) is 5.17. The minimum absolute atomic E-state index is 0.0465. The molecule has 1 aromatic heterocycles. The van der Waals surface area contributed by atoms with Crippen LogP contribution in [0.1, 0.15) is 49.9 Å². The first-order valence-corrected chi connectivity index (χ1v) is 7.70. The molecule has 1 aliphatic heterocycles. The van der Waals surface area contributed by atoms with Crippen LogP contribution >= 0.6 is 0 Å². The Morgan fingerprint density at radius 1 is 1.48 bits per heavy atom. The van der Waals surface area contributed by atoms with Crippen LogP contribution in [0.5, 0.6) is 0 Å².